The summed E-state index contributed by atoms with van der Waals surface area (Å²) >= 11 is 3.47. The van der Waals surface area contributed by atoms with E-state index >= 15 is 0 Å². The van der Waals surface area contributed by atoms with Crippen LogP contribution in [0, 0.1) is 12.8 Å². The van der Waals surface area contributed by atoms with Crippen LogP contribution in [0.15, 0.2) is 22.7 Å². The highest BCUT2D eigenvalue weighted by molar-refractivity contribution is 9.10. The van der Waals surface area contributed by atoms with Crippen molar-refractivity contribution in [3.05, 3.63) is 33.8 Å². The van der Waals surface area contributed by atoms with Crippen molar-refractivity contribution in [3.63, 3.8) is 0 Å². The molecule has 1 aliphatic carbocycles. The molecule has 0 bridgehead atoms. The Hall–Kier alpha value is -0.870. The Balaban J connectivity index is 1.73. The van der Waals surface area contributed by atoms with Crippen LogP contribution in [0.25, 0.3) is 0 Å². The molecule has 0 spiro atoms. The van der Waals surface area contributed by atoms with Gasteiger partial charge in [-0.05, 0) is 43.4 Å². The third-order valence-electron chi connectivity index (χ3n) is 4.04. The van der Waals surface area contributed by atoms with Gasteiger partial charge >= 0.3 is 0 Å². The minimum absolute atomic E-state index is 0.0738. The summed E-state index contributed by atoms with van der Waals surface area (Å²) in [7, 11) is 0. The van der Waals surface area contributed by atoms with Crippen LogP contribution in [-0.4, -0.2) is 23.7 Å². The van der Waals surface area contributed by atoms with Gasteiger partial charge < -0.3 is 10.4 Å². The zero-order valence-corrected chi connectivity index (χ0v) is 13.4. The van der Waals surface area contributed by atoms with E-state index in [1.54, 1.807) is 0 Å². The number of carbonyl (C=O) groups is 1. The molecular weight excluding hydrogens is 318 g/mol. The van der Waals surface area contributed by atoms with Crippen molar-refractivity contribution >= 4 is 21.8 Å². The van der Waals surface area contributed by atoms with Crippen LogP contribution < -0.4 is 5.32 Å². The number of amides is 1. The molecule has 2 atom stereocenters. The van der Waals surface area contributed by atoms with Gasteiger partial charge in [0.25, 0.3) is 0 Å². The second-order valence-electron chi connectivity index (χ2n) is 5.65. The number of benzene rings is 1. The third-order valence-corrected chi connectivity index (χ3v) is 4.93. The van der Waals surface area contributed by atoms with E-state index in [4.69, 9.17) is 0 Å². The van der Waals surface area contributed by atoms with Crippen LogP contribution in [0.1, 0.15) is 36.8 Å². The molecule has 0 heterocycles. The fourth-order valence-electron chi connectivity index (χ4n) is 2.71. The summed E-state index contributed by atoms with van der Waals surface area (Å²) in [6.45, 7) is 2.66. The quantitative estimate of drug-likeness (QED) is 0.866. The molecule has 0 radical (unpaired) electrons. The lowest BCUT2D eigenvalue weighted by molar-refractivity contribution is -0.121. The molecule has 1 amide bonds. The van der Waals surface area contributed by atoms with Gasteiger partial charge in [-0.1, -0.05) is 34.5 Å². The van der Waals surface area contributed by atoms with E-state index in [1.807, 2.05) is 12.1 Å². The molecule has 2 rings (SSSR count). The number of hydrogen-bond acceptors (Lipinski definition) is 2. The van der Waals surface area contributed by atoms with E-state index in [-0.39, 0.29) is 17.9 Å². The molecule has 1 saturated carbocycles. The maximum atomic E-state index is 11.8. The highest BCUT2D eigenvalue weighted by Gasteiger charge is 2.25. The minimum atomic E-state index is -0.232. The number of rotatable bonds is 5. The Labute approximate surface area is 128 Å². The van der Waals surface area contributed by atoms with E-state index in [0.29, 0.717) is 13.0 Å². The number of aryl methyl sites for hydroxylation is 2. The molecule has 0 aromatic heterocycles. The Morgan fingerprint density at radius 2 is 2.25 bits per heavy atom. The fourth-order valence-corrected chi connectivity index (χ4v) is 2.96. The van der Waals surface area contributed by atoms with Gasteiger partial charge in [-0.25, -0.2) is 0 Å². The molecule has 110 valence electrons. The second kappa shape index (κ2) is 7.23. The van der Waals surface area contributed by atoms with Gasteiger partial charge in [0.2, 0.25) is 5.91 Å². The van der Waals surface area contributed by atoms with Crippen LogP contribution in [-0.2, 0) is 11.2 Å². The minimum Gasteiger partial charge on any atom is -0.393 e. The van der Waals surface area contributed by atoms with E-state index in [1.165, 1.54) is 11.1 Å². The van der Waals surface area contributed by atoms with Crippen molar-refractivity contribution < 1.29 is 9.90 Å². The molecule has 2 N–H and O–H groups in total. The van der Waals surface area contributed by atoms with E-state index in [9.17, 15) is 9.90 Å². The predicted octanol–water partition coefficient (Wildman–Crippen LogP) is 2.97. The summed E-state index contributed by atoms with van der Waals surface area (Å²) in [6, 6.07) is 6.18. The standard InChI is InChI=1S/C16H22BrNO2/c1-11-9-12(5-7-14(11)17)6-8-16(20)18-10-13-3-2-4-15(13)19/h5,7,9,13,15,19H,2-4,6,8,10H2,1H3,(H,18,20). The van der Waals surface area contributed by atoms with Crippen molar-refractivity contribution in [3.8, 4) is 0 Å². The van der Waals surface area contributed by atoms with E-state index in [2.05, 4.69) is 34.2 Å². The Morgan fingerprint density at radius 3 is 2.90 bits per heavy atom. The van der Waals surface area contributed by atoms with Gasteiger partial charge in [-0.15, -0.1) is 0 Å². The maximum Gasteiger partial charge on any atom is 0.220 e. The smallest absolute Gasteiger partial charge is 0.220 e. The summed E-state index contributed by atoms with van der Waals surface area (Å²) in [6.07, 6.45) is 3.99. The molecular formula is C16H22BrNO2. The van der Waals surface area contributed by atoms with Gasteiger partial charge in [0, 0.05) is 23.4 Å². The lowest BCUT2D eigenvalue weighted by atomic mass is 10.1. The summed E-state index contributed by atoms with van der Waals surface area (Å²) in [5.74, 6) is 0.318. The molecule has 1 aliphatic rings. The molecule has 2 unspecified atom stereocenters. The Morgan fingerprint density at radius 1 is 1.45 bits per heavy atom. The first-order valence-corrected chi connectivity index (χ1v) is 8.05. The van der Waals surface area contributed by atoms with E-state index < -0.39 is 0 Å². The van der Waals surface area contributed by atoms with E-state index in [0.717, 1.165) is 30.2 Å². The van der Waals surface area contributed by atoms with Crippen LogP contribution in [0.3, 0.4) is 0 Å². The number of aliphatic hydroxyl groups is 1. The first kappa shape index (κ1) is 15.5. The summed E-state index contributed by atoms with van der Waals surface area (Å²) < 4.78 is 1.10. The van der Waals surface area contributed by atoms with Crippen molar-refractivity contribution in [2.75, 3.05) is 6.54 Å². The maximum absolute atomic E-state index is 11.8. The average molecular weight is 340 g/mol. The first-order chi connectivity index (χ1) is 9.56. The third kappa shape index (κ3) is 4.32. The Kier molecular flexibility index (Phi) is 5.61. The van der Waals surface area contributed by atoms with Crippen molar-refractivity contribution in [2.24, 2.45) is 5.92 Å². The number of hydrogen-bond donors (Lipinski definition) is 2. The lowest BCUT2D eigenvalue weighted by Crippen LogP contribution is -2.32. The van der Waals surface area contributed by atoms with Crippen molar-refractivity contribution in [1.82, 2.24) is 5.32 Å². The highest BCUT2D eigenvalue weighted by atomic mass is 79.9. The van der Waals surface area contributed by atoms with Crippen LogP contribution >= 0.6 is 15.9 Å². The van der Waals surface area contributed by atoms with Gasteiger partial charge in [-0.2, -0.15) is 0 Å². The molecule has 1 aromatic rings. The van der Waals surface area contributed by atoms with Crippen LogP contribution in [0.2, 0.25) is 0 Å². The largest absolute Gasteiger partial charge is 0.393 e. The zero-order chi connectivity index (χ0) is 14.5. The molecule has 3 nitrogen and oxygen atoms in total. The molecule has 0 aliphatic heterocycles. The predicted molar refractivity (Wildman–Crippen MR) is 83.6 cm³/mol. The van der Waals surface area contributed by atoms with Crippen LogP contribution in [0.5, 0.6) is 0 Å². The zero-order valence-electron chi connectivity index (χ0n) is 11.9. The monoisotopic (exact) mass is 339 g/mol. The first-order valence-electron chi connectivity index (χ1n) is 7.26. The van der Waals surface area contributed by atoms with Gasteiger partial charge in [-0.3, -0.25) is 4.79 Å². The summed E-state index contributed by atoms with van der Waals surface area (Å²) in [5.41, 5.74) is 2.37. The molecule has 1 aromatic carbocycles. The Bertz CT molecular complexity index is 476. The number of nitrogens with one attached hydrogen (secondary N) is 1. The van der Waals surface area contributed by atoms with Crippen LogP contribution in [0.4, 0.5) is 0 Å². The summed E-state index contributed by atoms with van der Waals surface area (Å²) in [5, 5.41) is 12.7. The van der Waals surface area contributed by atoms with Crippen molar-refractivity contribution in [1.29, 1.82) is 0 Å². The average Bonchev–Trinajstić information content (AvgIpc) is 2.83. The number of carbonyl (C=O) groups excluding carboxylic acids is 1. The number of aliphatic hydroxyl groups excluding tert-OH is 1. The van der Waals surface area contributed by atoms with Crippen molar-refractivity contribution in [2.45, 2.75) is 45.1 Å². The highest BCUT2D eigenvalue weighted by Crippen LogP contribution is 2.24. The topological polar surface area (TPSA) is 49.3 Å². The molecule has 0 saturated heterocycles. The lowest BCUT2D eigenvalue weighted by Gasteiger charge is -2.15. The second-order valence-corrected chi connectivity index (χ2v) is 6.50. The van der Waals surface area contributed by atoms with Gasteiger partial charge in [0.1, 0.15) is 0 Å². The van der Waals surface area contributed by atoms with Gasteiger partial charge in [0.05, 0.1) is 6.10 Å². The fraction of sp³-hybridized carbons (Fsp3) is 0.562. The SMILES string of the molecule is Cc1cc(CCC(=O)NCC2CCCC2O)ccc1Br. The van der Waals surface area contributed by atoms with Gasteiger partial charge in [0.15, 0.2) is 0 Å². The molecule has 1 fully saturated rings. The molecule has 4 heteroatoms. The summed E-state index contributed by atoms with van der Waals surface area (Å²) in [4.78, 5) is 11.8. The molecule has 20 heavy (non-hydrogen) atoms. The normalized spacial score (nSPS) is 21.9. The number of halogens is 1.